The number of rotatable bonds is 2. The SMILES string of the molecule is O=C1Nc2ccccc2/C1=C\c1ccc(/C=C2/C(=O)Nc3ccccc32)o1. The Bertz CT molecular complexity index is 1080. The van der Waals surface area contributed by atoms with Crippen molar-refractivity contribution >= 4 is 46.5 Å². The molecule has 1 aromatic heterocycles. The molecule has 0 radical (unpaired) electrons. The van der Waals surface area contributed by atoms with Crippen LogP contribution in [-0.4, -0.2) is 11.8 Å². The molecule has 0 fully saturated rings. The second-order valence-corrected chi connectivity index (χ2v) is 6.36. The largest absolute Gasteiger partial charge is 0.457 e. The minimum Gasteiger partial charge on any atom is -0.457 e. The van der Waals surface area contributed by atoms with Crippen LogP contribution in [0.2, 0.25) is 0 Å². The average molecular weight is 354 g/mol. The smallest absolute Gasteiger partial charge is 0.256 e. The van der Waals surface area contributed by atoms with E-state index < -0.39 is 0 Å². The van der Waals surface area contributed by atoms with E-state index in [2.05, 4.69) is 10.6 Å². The summed E-state index contributed by atoms with van der Waals surface area (Å²) in [4.78, 5) is 24.4. The van der Waals surface area contributed by atoms with Gasteiger partial charge in [0, 0.05) is 22.5 Å². The van der Waals surface area contributed by atoms with Gasteiger partial charge in [-0.15, -0.1) is 0 Å². The van der Waals surface area contributed by atoms with Gasteiger partial charge in [-0.05, 0) is 36.4 Å². The number of benzene rings is 2. The van der Waals surface area contributed by atoms with Crippen molar-refractivity contribution in [1.82, 2.24) is 0 Å². The predicted molar refractivity (Wildman–Crippen MR) is 105 cm³/mol. The first-order valence-corrected chi connectivity index (χ1v) is 8.54. The Morgan fingerprint density at radius 2 is 1.07 bits per heavy atom. The molecule has 5 rings (SSSR count). The standard InChI is InChI=1S/C22H14N2O3/c25-21-17(15-5-1-3-7-19(15)23-21)11-13-9-10-14(27-13)12-18-16-6-2-4-8-20(16)24-22(18)26/h1-12H,(H,23,25)(H,24,26)/b17-11+,18-12+. The lowest BCUT2D eigenvalue weighted by Gasteiger charge is -1.97. The highest BCUT2D eigenvalue weighted by atomic mass is 16.3. The molecule has 2 aromatic carbocycles. The Kier molecular flexibility index (Phi) is 3.33. The zero-order valence-corrected chi connectivity index (χ0v) is 14.2. The van der Waals surface area contributed by atoms with Crippen molar-refractivity contribution in [1.29, 1.82) is 0 Å². The van der Waals surface area contributed by atoms with Gasteiger partial charge in [0.15, 0.2) is 0 Å². The van der Waals surface area contributed by atoms with Crippen LogP contribution in [0.5, 0.6) is 0 Å². The molecule has 0 aliphatic carbocycles. The van der Waals surface area contributed by atoms with Gasteiger partial charge in [-0.25, -0.2) is 0 Å². The summed E-state index contributed by atoms with van der Waals surface area (Å²) in [6.07, 6.45) is 3.43. The van der Waals surface area contributed by atoms with Crippen LogP contribution in [0.3, 0.4) is 0 Å². The number of carbonyl (C=O) groups excluding carboxylic acids is 2. The van der Waals surface area contributed by atoms with Crippen LogP contribution >= 0.6 is 0 Å². The molecule has 5 nitrogen and oxygen atoms in total. The molecule has 0 saturated heterocycles. The van der Waals surface area contributed by atoms with Crippen LogP contribution in [0, 0.1) is 0 Å². The number of para-hydroxylation sites is 2. The van der Waals surface area contributed by atoms with E-state index in [0.29, 0.717) is 22.7 Å². The van der Waals surface area contributed by atoms with Crippen molar-refractivity contribution in [3.8, 4) is 0 Å². The molecule has 3 heterocycles. The lowest BCUT2D eigenvalue weighted by atomic mass is 10.1. The number of fused-ring (bicyclic) bond motifs is 2. The summed E-state index contributed by atoms with van der Waals surface area (Å²) in [6.45, 7) is 0. The highest BCUT2D eigenvalue weighted by molar-refractivity contribution is 6.35. The van der Waals surface area contributed by atoms with Gasteiger partial charge in [-0.1, -0.05) is 36.4 Å². The van der Waals surface area contributed by atoms with Crippen molar-refractivity contribution in [3.05, 3.63) is 83.3 Å². The summed E-state index contributed by atoms with van der Waals surface area (Å²) in [5, 5.41) is 5.67. The Morgan fingerprint density at radius 1 is 0.630 bits per heavy atom. The first-order valence-electron chi connectivity index (χ1n) is 8.54. The number of carbonyl (C=O) groups is 2. The molecule has 0 saturated carbocycles. The number of furan rings is 1. The molecule has 2 amide bonds. The molecule has 2 aliphatic heterocycles. The third-order valence-electron chi connectivity index (χ3n) is 4.64. The maximum absolute atomic E-state index is 12.2. The fourth-order valence-electron chi connectivity index (χ4n) is 3.37. The van der Waals surface area contributed by atoms with Crippen molar-refractivity contribution in [2.24, 2.45) is 0 Å². The number of amides is 2. The van der Waals surface area contributed by atoms with E-state index in [1.165, 1.54) is 0 Å². The number of anilines is 2. The van der Waals surface area contributed by atoms with Crippen molar-refractivity contribution in [2.75, 3.05) is 10.6 Å². The van der Waals surface area contributed by atoms with Gasteiger partial charge in [0.1, 0.15) is 11.5 Å². The van der Waals surface area contributed by atoms with E-state index in [1.807, 2.05) is 48.5 Å². The normalized spacial score (nSPS) is 17.8. The molecule has 2 aliphatic rings. The van der Waals surface area contributed by atoms with Gasteiger partial charge >= 0.3 is 0 Å². The Morgan fingerprint density at radius 3 is 1.56 bits per heavy atom. The van der Waals surface area contributed by atoms with E-state index in [-0.39, 0.29) is 11.8 Å². The molecule has 5 heteroatoms. The second-order valence-electron chi connectivity index (χ2n) is 6.36. The van der Waals surface area contributed by atoms with Gasteiger partial charge < -0.3 is 15.1 Å². The third-order valence-corrected chi connectivity index (χ3v) is 4.64. The van der Waals surface area contributed by atoms with Crippen LogP contribution in [-0.2, 0) is 9.59 Å². The van der Waals surface area contributed by atoms with E-state index >= 15 is 0 Å². The van der Waals surface area contributed by atoms with Crippen LogP contribution < -0.4 is 10.6 Å². The van der Waals surface area contributed by atoms with Gasteiger partial charge in [0.2, 0.25) is 0 Å². The van der Waals surface area contributed by atoms with E-state index in [9.17, 15) is 9.59 Å². The monoisotopic (exact) mass is 354 g/mol. The second kappa shape index (κ2) is 5.85. The zero-order valence-electron chi connectivity index (χ0n) is 14.2. The maximum Gasteiger partial charge on any atom is 0.256 e. The first-order chi connectivity index (χ1) is 13.2. The van der Waals surface area contributed by atoms with E-state index in [1.54, 1.807) is 24.3 Å². The molecule has 0 bridgehead atoms. The number of hydrogen-bond acceptors (Lipinski definition) is 3. The molecule has 130 valence electrons. The number of hydrogen-bond donors (Lipinski definition) is 2. The topological polar surface area (TPSA) is 71.3 Å². The van der Waals surface area contributed by atoms with Crippen LogP contribution in [0.25, 0.3) is 23.3 Å². The average Bonchev–Trinajstić information content (AvgIpc) is 3.33. The van der Waals surface area contributed by atoms with E-state index in [0.717, 1.165) is 22.5 Å². The summed E-state index contributed by atoms with van der Waals surface area (Å²) in [7, 11) is 0. The quantitative estimate of drug-likeness (QED) is 0.675. The summed E-state index contributed by atoms with van der Waals surface area (Å²) >= 11 is 0. The molecular formula is C22H14N2O3. The molecular weight excluding hydrogens is 340 g/mol. The summed E-state index contributed by atoms with van der Waals surface area (Å²) in [6, 6.07) is 18.6. The van der Waals surface area contributed by atoms with Gasteiger partial charge in [-0.3, -0.25) is 9.59 Å². The van der Waals surface area contributed by atoms with Crippen molar-refractivity contribution < 1.29 is 14.0 Å². The Balaban J connectivity index is 1.50. The first kappa shape index (κ1) is 15.4. The molecule has 27 heavy (non-hydrogen) atoms. The number of nitrogens with one attached hydrogen (secondary N) is 2. The van der Waals surface area contributed by atoms with Crippen molar-refractivity contribution in [3.63, 3.8) is 0 Å². The minimum absolute atomic E-state index is 0.156. The summed E-state index contributed by atoms with van der Waals surface area (Å²) in [5.74, 6) is 0.791. The van der Waals surface area contributed by atoms with Gasteiger partial charge in [-0.2, -0.15) is 0 Å². The summed E-state index contributed by atoms with van der Waals surface area (Å²) in [5.41, 5.74) is 4.40. The molecule has 3 aromatic rings. The third kappa shape index (κ3) is 2.57. The molecule has 2 N–H and O–H groups in total. The zero-order chi connectivity index (χ0) is 18.4. The lowest BCUT2D eigenvalue weighted by Crippen LogP contribution is -2.03. The Labute approximate surface area is 155 Å². The molecule has 0 atom stereocenters. The van der Waals surface area contributed by atoms with Gasteiger partial charge in [0.25, 0.3) is 11.8 Å². The minimum atomic E-state index is -0.156. The highest BCUT2D eigenvalue weighted by Gasteiger charge is 2.25. The highest BCUT2D eigenvalue weighted by Crippen LogP contribution is 2.34. The maximum atomic E-state index is 12.2. The van der Waals surface area contributed by atoms with Gasteiger partial charge in [0.05, 0.1) is 11.1 Å². The predicted octanol–water partition coefficient (Wildman–Crippen LogP) is 4.27. The fraction of sp³-hybridized carbons (Fsp3) is 0. The lowest BCUT2D eigenvalue weighted by molar-refractivity contribution is -0.111. The van der Waals surface area contributed by atoms with Crippen LogP contribution in [0.1, 0.15) is 22.6 Å². The summed E-state index contributed by atoms with van der Waals surface area (Å²) < 4.78 is 5.82. The van der Waals surface area contributed by atoms with Crippen molar-refractivity contribution in [2.45, 2.75) is 0 Å². The van der Waals surface area contributed by atoms with E-state index in [4.69, 9.17) is 4.42 Å². The fourth-order valence-corrected chi connectivity index (χ4v) is 3.37. The molecule has 0 spiro atoms. The van der Waals surface area contributed by atoms with Crippen LogP contribution in [0.15, 0.2) is 65.1 Å². The van der Waals surface area contributed by atoms with Crippen LogP contribution in [0.4, 0.5) is 11.4 Å². The molecule has 0 unspecified atom stereocenters. The Hall–Kier alpha value is -3.86.